The third-order valence-electron chi connectivity index (χ3n) is 19.0. The van der Waals surface area contributed by atoms with Crippen molar-refractivity contribution in [2.24, 2.45) is 0 Å². The van der Waals surface area contributed by atoms with Gasteiger partial charge in [0.25, 0.3) is 0 Å². The van der Waals surface area contributed by atoms with E-state index in [9.17, 15) is 26.3 Å². The van der Waals surface area contributed by atoms with Crippen LogP contribution in [-0.2, 0) is 55.9 Å². The average molecular weight is 1670 g/mol. The van der Waals surface area contributed by atoms with Crippen molar-refractivity contribution < 1.29 is 40.6 Å². The number of nitrogens with zero attached hydrogens (tertiary/aromatic N) is 8. The summed E-state index contributed by atoms with van der Waals surface area (Å²) in [7, 11) is 0. The standard InChI is InChI=1S/C17H21NO.C15H15F2NO.C15H16FNO.C15H17N.C12H19N.C11H17N.C10H12F3N.C10H15N/c1-12-8-6-10-15(13(12)2)19-16-14(17(3,4)5)9-7-11-18-16;1-15(2,3)11-5-4-8-18-14(11)19-13-7-6-10(16)9-12(13)17;1-15(2,3)11-7-6-10-17-14(11)18-13-9-5-4-8-12(13)16;1-15(2,3)14-10-9-13(11-16-14)12-7-5-4-6-8-12;1-9(2)11-7-6-10(8-13-11)12(3,4)5;1-5-9-7-6-8-10(12-9)11(2,3)4;1-9(2,3)8-5-4-7(6-14-8)10(11,12)13;1-8-6-5-7-9(11-8)10(2,3)4/h6-11H,1-5H3;4-9H,1-3H3;4-10H,1-3H3;4-11H,1-3H3;6-9H,1-5H3;6-8H,5H2,1-4H3;4-6H,1-3H3;5-7H,1-4H3. The second-order valence-electron chi connectivity index (χ2n) is 38.5. The molecule has 0 unspecified atom stereocenters. The van der Waals surface area contributed by atoms with Crippen LogP contribution in [0.1, 0.15) is 272 Å². The van der Waals surface area contributed by atoms with E-state index in [1.807, 2.05) is 122 Å². The molecule has 0 saturated carbocycles. The van der Waals surface area contributed by atoms with Gasteiger partial charge in [-0.05, 0) is 174 Å². The van der Waals surface area contributed by atoms with Gasteiger partial charge in [0.2, 0.25) is 17.6 Å². The fraction of sp³-hybridized carbons (Fsp3) is 0.390. The minimum Gasteiger partial charge on any atom is -0.438 e. The Kier molecular flexibility index (Phi) is 36.8. The third kappa shape index (κ3) is 33.8. The summed E-state index contributed by atoms with van der Waals surface area (Å²) in [5, 5.41) is 0. The molecule has 0 aliphatic carbocycles. The van der Waals surface area contributed by atoms with Gasteiger partial charge in [-0.1, -0.05) is 284 Å². The summed E-state index contributed by atoms with van der Waals surface area (Å²) in [4.78, 5) is 34.5. The van der Waals surface area contributed by atoms with Crippen molar-refractivity contribution in [2.75, 3.05) is 0 Å². The van der Waals surface area contributed by atoms with E-state index < -0.39 is 23.4 Å². The van der Waals surface area contributed by atoms with E-state index in [1.54, 1.807) is 42.9 Å². The molecular weight excluding hydrogens is 1540 g/mol. The molecule has 0 N–H and O–H groups in total. The highest BCUT2D eigenvalue weighted by molar-refractivity contribution is 5.62. The molecule has 12 aromatic rings. The molecule has 8 heterocycles. The normalized spacial score (nSPS) is 11.7. The predicted molar refractivity (Wildman–Crippen MR) is 491 cm³/mol. The zero-order valence-corrected chi connectivity index (χ0v) is 77.9. The van der Waals surface area contributed by atoms with E-state index >= 15 is 0 Å². The lowest BCUT2D eigenvalue weighted by molar-refractivity contribution is -0.137. The summed E-state index contributed by atoms with van der Waals surface area (Å²) in [6, 6.07) is 60.9. The Morgan fingerprint density at radius 3 is 1.15 bits per heavy atom. The SMILES string of the molecule is CC(C)(C)c1ccc(-c2ccccc2)cn1.CC(C)(C)c1ccc(C(F)(F)F)cn1.CC(C)(C)c1cccnc1Oc1ccc(F)cc1F.CC(C)(C)c1cccnc1Oc1ccccc1F.CC(C)c1ccc(C(C)(C)C)cn1.CCc1cccc(C(C)(C)C)n1.Cc1cccc(C(C)(C)C)n1.Cc1cccc(Oc2ncccc2C(C)(C)C)c1C. The van der Waals surface area contributed by atoms with Crippen molar-refractivity contribution in [3.8, 4) is 46.0 Å². The molecule has 0 atom stereocenters. The van der Waals surface area contributed by atoms with E-state index in [4.69, 9.17) is 14.2 Å². The Labute approximate surface area is 725 Å². The number of halogens is 6. The van der Waals surface area contributed by atoms with Gasteiger partial charge < -0.3 is 14.2 Å². The van der Waals surface area contributed by atoms with Crippen LogP contribution >= 0.6 is 0 Å². The van der Waals surface area contributed by atoms with Crippen LogP contribution in [0.5, 0.6) is 34.9 Å². The molecule has 122 heavy (non-hydrogen) atoms. The Balaban J connectivity index is 0.000000250. The van der Waals surface area contributed by atoms with Crippen molar-refractivity contribution in [1.29, 1.82) is 0 Å². The van der Waals surface area contributed by atoms with Gasteiger partial charge in [-0.25, -0.2) is 28.1 Å². The largest absolute Gasteiger partial charge is 0.438 e. The van der Waals surface area contributed by atoms with Crippen molar-refractivity contribution >= 4 is 0 Å². The number of hydrogen-bond donors (Lipinski definition) is 0. The molecule has 0 saturated heterocycles. The van der Waals surface area contributed by atoms with Crippen LogP contribution in [0, 0.1) is 38.2 Å². The fourth-order valence-corrected chi connectivity index (χ4v) is 11.3. The Hall–Kier alpha value is -10.9. The molecule has 17 heteroatoms. The second kappa shape index (κ2) is 44.2. The van der Waals surface area contributed by atoms with Crippen molar-refractivity contribution in [3.05, 3.63) is 334 Å². The van der Waals surface area contributed by atoms with E-state index in [0.29, 0.717) is 29.3 Å². The van der Waals surface area contributed by atoms with Crippen LogP contribution in [0.25, 0.3) is 11.1 Å². The first-order valence-electron chi connectivity index (χ1n) is 41.6. The molecule has 0 radical (unpaired) electrons. The molecule has 12 rings (SSSR count). The summed E-state index contributed by atoms with van der Waals surface area (Å²) in [6.07, 6.45) is 6.53. The Morgan fingerprint density at radius 1 is 0.328 bits per heavy atom. The lowest BCUT2D eigenvalue weighted by atomic mass is 9.88. The van der Waals surface area contributed by atoms with Crippen LogP contribution in [0.4, 0.5) is 26.3 Å². The van der Waals surface area contributed by atoms with Gasteiger partial charge in [-0.2, -0.15) is 13.2 Å². The summed E-state index contributed by atoms with van der Waals surface area (Å²) < 4.78 is 93.6. The number of aromatic nitrogens is 8. The first-order chi connectivity index (χ1) is 56.5. The van der Waals surface area contributed by atoms with E-state index in [0.717, 1.165) is 75.9 Å². The van der Waals surface area contributed by atoms with Crippen LogP contribution in [0.2, 0.25) is 0 Å². The highest BCUT2D eigenvalue weighted by atomic mass is 19.4. The maximum atomic E-state index is 13.6. The zero-order valence-electron chi connectivity index (χ0n) is 77.9. The smallest absolute Gasteiger partial charge is 0.417 e. The molecule has 0 spiro atoms. The van der Waals surface area contributed by atoms with Gasteiger partial charge in [-0.3, -0.25) is 24.9 Å². The number of hydrogen-bond acceptors (Lipinski definition) is 11. The molecule has 652 valence electrons. The maximum Gasteiger partial charge on any atom is 0.417 e. The van der Waals surface area contributed by atoms with Gasteiger partial charge in [0.1, 0.15) is 11.6 Å². The number of benzene rings is 4. The zero-order chi connectivity index (χ0) is 91.6. The van der Waals surface area contributed by atoms with Gasteiger partial charge in [0.15, 0.2) is 23.1 Å². The third-order valence-corrected chi connectivity index (χ3v) is 19.0. The lowest BCUT2D eigenvalue weighted by Crippen LogP contribution is -2.14. The van der Waals surface area contributed by atoms with Gasteiger partial charge >= 0.3 is 6.18 Å². The monoisotopic (exact) mass is 1670 g/mol. The maximum absolute atomic E-state index is 13.6. The van der Waals surface area contributed by atoms with Crippen LogP contribution in [0.15, 0.2) is 237 Å². The van der Waals surface area contributed by atoms with Crippen molar-refractivity contribution in [1.82, 2.24) is 39.9 Å². The lowest BCUT2D eigenvalue weighted by Gasteiger charge is -2.22. The number of rotatable bonds is 9. The number of pyridine rings is 8. The quantitative estimate of drug-likeness (QED) is 0.128. The number of alkyl halides is 3. The molecule has 0 aliphatic heterocycles. The summed E-state index contributed by atoms with van der Waals surface area (Å²) in [5.41, 5.74) is 16.1. The Morgan fingerprint density at radius 2 is 0.754 bits per heavy atom. The second-order valence-corrected chi connectivity index (χ2v) is 38.5. The minimum absolute atomic E-state index is 0.0152. The summed E-state index contributed by atoms with van der Waals surface area (Å²) >= 11 is 0. The molecule has 0 fully saturated rings. The van der Waals surface area contributed by atoms with Crippen LogP contribution < -0.4 is 14.2 Å². The van der Waals surface area contributed by atoms with Gasteiger partial charge in [-0.15, -0.1) is 0 Å². The van der Waals surface area contributed by atoms with Crippen LogP contribution in [-0.4, -0.2) is 39.9 Å². The molecule has 4 aromatic carbocycles. The van der Waals surface area contributed by atoms with Crippen LogP contribution in [0.3, 0.4) is 0 Å². The molecule has 8 aromatic heterocycles. The Bertz CT molecular complexity index is 5140. The molecule has 0 bridgehead atoms. The van der Waals surface area contributed by atoms with E-state index in [1.165, 1.54) is 57.5 Å². The van der Waals surface area contributed by atoms with Gasteiger partial charge in [0.05, 0.1) is 5.56 Å². The highest BCUT2D eigenvalue weighted by Crippen LogP contribution is 2.38. The van der Waals surface area contributed by atoms with E-state index in [2.05, 4.69) is 278 Å². The van der Waals surface area contributed by atoms with Crippen molar-refractivity contribution in [2.45, 2.75) is 270 Å². The number of aryl methyl sites for hydroxylation is 3. The first-order valence-corrected chi connectivity index (χ1v) is 41.6. The molecule has 11 nitrogen and oxygen atoms in total. The highest BCUT2D eigenvalue weighted by Gasteiger charge is 2.32. The summed E-state index contributed by atoms with van der Waals surface area (Å²) in [6.45, 7) is 63.4. The molecule has 0 aliphatic rings. The predicted octanol–water partition coefficient (Wildman–Crippen LogP) is 30.1. The molecular formula is C105H132F6N8O3. The number of ether oxygens (including phenoxy) is 3. The topological polar surface area (TPSA) is 131 Å². The first kappa shape index (κ1) is 102. The van der Waals surface area contributed by atoms with E-state index in [-0.39, 0.29) is 60.6 Å². The average Bonchev–Trinajstić information content (AvgIpc) is 0.824. The van der Waals surface area contributed by atoms with Crippen molar-refractivity contribution in [3.63, 3.8) is 0 Å². The number of para-hydroxylation sites is 1. The fourth-order valence-electron chi connectivity index (χ4n) is 11.3. The summed E-state index contributed by atoms with van der Waals surface area (Å²) in [5.74, 6) is 1.28. The van der Waals surface area contributed by atoms with Gasteiger partial charge in [0, 0.05) is 127 Å². The minimum atomic E-state index is -4.30. The molecule has 0 amide bonds.